The first kappa shape index (κ1) is 25.9. The summed E-state index contributed by atoms with van der Waals surface area (Å²) in [6.07, 6.45) is 3.07. The molecular formula is C29H25F2N3O6S. The molecule has 212 valence electrons. The molecule has 1 atom stereocenters. The van der Waals surface area contributed by atoms with Crippen LogP contribution < -0.4 is 15.2 Å². The summed E-state index contributed by atoms with van der Waals surface area (Å²) in [5, 5.41) is 1.89. The van der Waals surface area contributed by atoms with Crippen LogP contribution in [0, 0.1) is 17.6 Å². The summed E-state index contributed by atoms with van der Waals surface area (Å²) in [6.45, 7) is -0.489. The van der Waals surface area contributed by atoms with E-state index in [1.807, 2.05) is 29.3 Å². The molecule has 3 aromatic rings. The lowest BCUT2D eigenvalue weighted by Crippen LogP contribution is -2.73. The van der Waals surface area contributed by atoms with Crippen molar-refractivity contribution in [1.82, 2.24) is 9.58 Å². The van der Waals surface area contributed by atoms with Crippen LogP contribution in [0.5, 0.6) is 5.75 Å². The molecule has 3 aliphatic carbocycles. The number of thioether (sulfide) groups is 1. The van der Waals surface area contributed by atoms with Crippen LogP contribution in [0.25, 0.3) is 0 Å². The average Bonchev–Trinajstić information content (AvgIpc) is 3.08. The number of halogens is 2. The number of rotatable bonds is 5. The highest BCUT2D eigenvalue weighted by atomic mass is 32.2. The first-order chi connectivity index (χ1) is 19.8. The van der Waals surface area contributed by atoms with Gasteiger partial charge in [0.05, 0.1) is 13.2 Å². The normalized spacial score (nSPS) is 23.7. The molecule has 0 radical (unpaired) electrons. The van der Waals surface area contributed by atoms with Crippen LogP contribution in [0.4, 0.5) is 13.6 Å². The van der Waals surface area contributed by atoms with Gasteiger partial charge in [0, 0.05) is 34.0 Å². The lowest BCUT2D eigenvalue weighted by atomic mass is 9.49. The van der Waals surface area contributed by atoms with Crippen molar-refractivity contribution in [2.45, 2.75) is 41.5 Å². The van der Waals surface area contributed by atoms with Crippen molar-refractivity contribution in [3.63, 3.8) is 0 Å². The summed E-state index contributed by atoms with van der Waals surface area (Å²) >= 11 is 1.42. The third-order valence-corrected chi connectivity index (χ3v) is 9.70. The third kappa shape index (κ3) is 3.91. The highest BCUT2D eigenvalue weighted by Crippen LogP contribution is 2.61. The quantitative estimate of drug-likeness (QED) is 0.321. The molecule has 8 rings (SSSR count). The summed E-state index contributed by atoms with van der Waals surface area (Å²) < 4.78 is 46.2. The minimum absolute atomic E-state index is 0.0274. The molecule has 3 heterocycles. The maximum Gasteiger partial charge on any atom is 0.510 e. The van der Waals surface area contributed by atoms with E-state index in [0.29, 0.717) is 11.5 Å². The molecule has 9 nitrogen and oxygen atoms in total. The third-order valence-electron chi connectivity index (χ3n) is 8.58. The van der Waals surface area contributed by atoms with E-state index in [1.54, 1.807) is 15.6 Å². The van der Waals surface area contributed by atoms with E-state index in [-0.39, 0.29) is 40.9 Å². The van der Waals surface area contributed by atoms with E-state index in [9.17, 15) is 18.8 Å². The first-order valence-electron chi connectivity index (χ1n) is 13.2. The molecule has 41 heavy (non-hydrogen) atoms. The number of carbonyl (C=O) groups excluding carboxylic acids is 2. The van der Waals surface area contributed by atoms with Crippen molar-refractivity contribution in [1.29, 1.82) is 0 Å². The fraction of sp³-hybridized carbons (Fsp3) is 0.345. The van der Waals surface area contributed by atoms with Crippen molar-refractivity contribution in [2.24, 2.45) is 5.92 Å². The number of methoxy groups -OCH3 is 1. The Morgan fingerprint density at radius 1 is 1.07 bits per heavy atom. The average molecular weight is 582 g/mol. The molecule has 0 N–H and O–H groups in total. The van der Waals surface area contributed by atoms with E-state index in [2.05, 4.69) is 4.74 Å². The second-order valence-electron chi connectivity index (χ2n) is 10.7. The lowest BCUT2D eigenvalue weighted by Gasteiger charge is -2.67. The van der Waals surface area contributed by atoms with Crippen molar-refractivity contribution in [2.75, 3.05) is 25.6 Å². The summed E-state index contributed by atoms with van der Waals surface area (Å²) in [5.74, 6) is -1.69. The molecule has 0 spiro atoms. The molecule has 2 aromatic carbocycles. The Morgan fingerprint density at radius 2 is 1.85 bits per heavy atom. The van der Waals surface area contributed by atoms with Gasteiger partial charge in [-0.05, 0) is 48.4 Å². The van der Waals surface area contributed by atoms with Gasteiger partial charge in [-0.1, -0.05) is 24.3 Å². The summed E-state index contributed by atoms with van der Waals surface area (Å²) in [7, 11) is 1.14. The smallest absolute Gasteiger partial charge is 0.451 e. The lowest BCUT2D eigenvalue weighted by molar-refractivity contribution is -0.128. The van der Waals surface area contributed by atoms with Crippen LogP contribution in [0.3, 0.4) is 0 Å². The molecule has 3 fully saturated rings. The minimum Gasteiger partial charge on any atom is -0.451 e. The number of hydrogen-bond acceptors (Lipinski definition) is 8. The van der Waals surface area contributed by atoms with Crippen molar-refractivity contribution in [3.05, 3.63) is 92.9 Å². The number of aromatic nitrogens is 1. The molecule has 3 saturated carbocycles. The number of benzene rings is 2. The Morgan fingerprint density at radius 3 is 2.59 bits per heavy atom. The van der Waals surface area contributed by atoms with Crippen LogP contribution in [-0.4, -0.2) is 47.7 Å². The van der Waals surface area contributed by atoms with Gasteiger partial charge in [-0.15, -0.1) is 11.8 Å². The molecule has 2 aliphatic heterocycles. The van der Waals surface area contributed by atoms with Crippen LogP contribution in [0.1, 0.15) is 52.5 Å². The predicted molar refractivity (Wildman–Crippen MR) is 143 cm³/mol. The van der Waals surface area contributed by atoms with Crippen molar-refractivity contribution < 1.29 is 32.6 Å². The SMILES string of the molecule is COC(=O)OCOc1c2n(ccc1=O)N([C@@H]1c3ccccc3SCc3c1ccc(F)c3F)CN(C13CC(C1)C3)C2=O. The Bertz CT molecular complexity index is 1640. The number of nitrogens with zero attached hydrogens (tertiary/aromatic N) is 3. The Balaban J connectivity index is 1.42. The zero-order valence-electron chi connectivity index (χ0n) is 22.0. The van der Waals surface area contributed by atoms with Crippen molar-refractivity contribution in [3.8, 4) is 5.75 Å². The van der Waals surface area contributed by atoms with Gasteiger partial charge in [0.2, 0.25) is 18.0 Å². The largest absolute Gasteiger partial charge is 0.510 e. The summed E-state index contributed by atoms with van der Waals surface area (Å²) in [5.41, 5.74) is 0.732. The maximum absolute atomic E-state index is 15.3. The van der Waals surface area contributed by atoms with Gasteiger partial charge >= 0.3 is 6.16 Å². The molecular weight excluding hydrogens is 556 g/mol. The zero-order valence-corrected chi connectivity index (χ0v) is 22.8. The molecule has 5 aliphatic rings. The van der Waals surface area contributed by atoms with Gasteiger partial charge in [-0.25, -0.2) is 13.6 Å². The Kier molecular flexibility index (Phi) is 6.00. The maximum atomic E-state index is 15.3. The van der Waals surface area contributed by atoms with E-state index in [0.717, 1.165) is 42.9 Å². The minimum atomic E-state index is -1.00. The van der Waals surface area contributed by atoms with Crippen LogP contribution in [0.15, 0.2) is 58.4 Å². The van der Waals surface area contributed by atoms with Gasteiger partial charge in [-0.2, -0.15) is 0 Å². The van der Waals surface area contributed by atoms with Gasteiger partial charge in [0.15, 0.2) is 17.3 Å². The van der Waals surface area contributed by atoms with Gasteiger partial charge in [-0.3, -0.25) is 19.3 Å². The molecule has 0 saturated heterocycles. The van der Waals surface area contributed by atoms with Crippen LogP contribution in [0.2, 0.25) is 0 Å². The first-order valence-corrected chi connectivity index (χ1v) is 14.2. The number of pyridine rings is 1. The van der Waals surface area contributed by atoms with Gasteiger partial charge in [0.1, 0.15) is 6.67 Å². The van der Waals surface area contributed by atoms with Gasteiger partial charge in [0.25, 0.3) is 5.91 Å². The highest BCUT2D eigenvalue weighted by Gasteiger charge is 2.63. The van der Waals surface area contributed by atoms with Gasteiger partial charge < -0.3 is 19.1 Å². The highest BCUT2D eigenvalue weighted by molar-refractivity contribution is 7.98. The second kappa shape index (κ2) is 9.51. The van der Waals surface area contributed by atoms with Crippen molar-refractivity contribution >= 4 is 23.8 Å². The molecule has 1 amide bonds. The number of fused-ring (bicyclic) bond motifs is 3. The topological polar surface area (TPSA) is 90.3 Å². The van der Waals surface area contributed by atoms with E-state index in [4.69, 9.17) is 9.47 Å². The van der Waals surface area contributed by atoms with E-state index in [1.165, 1.54) is 24.0 Å². The number of hydrogen-bond donors (Lipinski definition) is 0. The zero-order chi connectivity index (χ0) is 28.5. The number of amides is 1. The second-order valence-corrected chi connectivity index (χ2v) is 11.8. The monoisotopic (exact) mass is 581 g/mol. The molecule has 2 bridgehead atoms. The van der Waals surface area contributed by atoms with E-state index < -0.39 is 36.1 Å². The summed E-state index contributed by atoms with van der Waals surface area (Å²) in [6, 6.07) is 11.0. The summed E-state index contributed by atoms with van der Waals surface area (Å²) in [4.78, 5) is 41.3. The molecule has 12 heteroatoms. The fourth-order valence-corrected chi connectivity index (χ4v) is 7.59. The molecule has 1 aromatic heterocycles. The molecule has 0 unspecified atom stereocenters. The standard InChI is InChI=1S/C29H25F2N3O6S/c1-38-28(37)40-15-39-26-21(35)8-9-33-25(26)27(36)32(29-10-16(11-29)12-29)14-34(33)24-17-6-7-20(30)23(31)19(17)13-41-22-5-3-2-4-18(22)24/h2-9,16,24H,10-15H2,1H3/t16?,24-,29?/m0/s1. The van der Waals surface area contributed by atoms with Crippen LogP contribution >= 0.6 is 11.8 Å². The Labute approximate surface area is 237 Å². The fourth-order valence-electron chi connectivity index (χ4n) is 6.48. The van der Waals surface area contributed by atoms with Crippen LogP contribution in [-0.2, 0) is 15.2 Å². The number of carbonyl (C=O) groups is 2. The Hall–Kier alpha value is -4.06. The number of ether oxygens (including phenoxy) is 3. The van der Waals surface area contributed by atoms with E-state index >= 15 is 4.39 Å². The predicted octanol–water partition coefficient (Wildman–Crippen LogP) is 4.54.